The number of carbonyl (C=O) groups excluding carboxylic acids is 2. The van der Waals surface area contributed by atoms with Crippen molar-refractivity contribution < 1.29 is 28.0 Å². The van der Waals surface area contributed by atoms with Gasteiger partial charge in [-0.3, -0.25) is 0 Å². The van der Waals surface area contributed by atoms with Crippen LogP contribution in [0.25, 0.3) is 0 Å². The van der Waals surface area contributed by atoms with E-state index in [9.17, 15) is 14.0 Å². The first kappa shape index (κ1) is 23.4. The summed E-state index contributed by atoms with van der Waals surface area (Å²) in [6.07, 6.45) is -0.546. The minimum atomic E-state index is -2.60. The van der Waals surface area contributed by atoms with Crippen molar-refractivity contribution in [2.75, 3.05) is 22.9 Å². The van der Waals surface area contributed by atoms with Gasteiger partial charge in [-0.15, -0.1) is 0 Å². The number of rotatable bonds is 5. The summed E-state index contributed by atoms with van der Waals surface area (Å²) >= 11 is -2.60. The molecule has 168 valence electrons. The minimum absolute atomic E-state index is 0.0166. The van der Waals surface area contributed by atoms with Crippen molar-refractivity contribution >= 4 is 45.6 Å². The Hall–Kier alpha value is -2.30. The van der Waals surface area contributed by atoms with Crippen molar-refractivity contribution in [2.45, 2.75) is 47.3 Å². The van der Waals surface area contributed by atoms with Crippen LogP contribution in [0.5, 0.6) is 0 Å². The number of aromatic nitrogens is 1. The van der Waals surface area contributed by atoms with Gasteiger partial charge in [-0.05, 0) is 20.8 Å². The van der Waals surface area contributed by atoms with Crippen molar-refractivity contribution in [1.29, 1.82) is 0 Å². The molecule has 2 amide bonds. The molecule has 0 radical (unpaired) electrons. The SMILES string of the molecule is CC(C)(C)OC(=O)N(CC1CN(c2cc[c]([Sn]([CH3])([CH3])[CH3])c(F)c2)C(=O)O1)c1ccon1. The summed E-state index contributed by atoms with van der Waals surface area (Å²) in [7, 11) is 0. The second-order valence-corrected chi connectivity index (χ2v) is 23.9. The first-order chi connectivity index (χ1) is 14.3. The van der Waals surface area contributed by atoms with Crippen LogP contribution in [0.3, 0.4) is 0 Å². The molecule has 1 aromatic carbocycles. The molecule has 2 heterocycles. The van der Waals surface area contributed by atoms with Gasteiger partial charge in [0.2, 0.25) is 0 Å². The molecule has 3 rings (SSSR count). The Morgan fingerprint density at radius 3 is 2.58 bits per heavy atom. The van der Waals surface area contributed by atoms with Gasteiger partial charge in [0.15, 0.2) is 0 Å². The standard InChI is InChI=1S/C18H19FN3O5.3CH3.Sn/c1-18(2,3)27-17(24)22(15-7-8-25-20-15)11-14-10-21(16(23)26-14)13-6-4-5-12(19)9-13;;;;/h4,6-9,14H,10-11H2,1-3H3;3*1H3;. The number of carbonyl (C=O) groups is 2. The molecule has 0 spiro atoms. The summed E-state index contributed by atoms with van der Waals surface area (Å²) in [6, 6.07) is 6.41. The average molecular weight is 540 g/mol. The number of ether oxygens (including phenoxy) is 2. The maximum atomic E-state index is 14.7. The zero-order chi connectivity index (χ0) is 23.0. The molecule has 1 fully saturated rings. The van der Waals surface area contributed by atoms with Crippen molar-refractivity contribution in [3.8, 4) is 0 Å². The molecule has 0 N–H and O–H groups in total. The second-order valence-electron chi connectivity index (χ2n) is 9.48. The number of benzene rings is 1. The molecule has 2 aromatic rings. The summed E-state index contributed by atoms with van der Waals surface area (Å²) in [5, 5.41) is 3.80. The van der Waals surface area contributed by atoms with Gasteiger partial charge in [0.1, 0.15) is 0 Å². The van der Waals surface area contributed by atoms with E-state index in [0.29, 0.717) is 5.69 Å². The predicted octanol–water partition coefficient (Wildman–Crippen LogP) is 4.13. The van der Waals surface area contributed by atoms with E-state index >= 15 is 0 Å². The molecule has 1 aliphatic rings. The van der Waals surface area contributed by atoms with E-state index in [-0.39, 0.29) is 24.7 Å². The van der Waals surface area contributed by atoms with Crippen LogP contribution in [0.1, 0.15) is 20.8 Å². The number of cyclic esters (lactones) is 1. The normalized spacial score (nSPS) is 16.9. The maximum absolute atomic E-state index is 14.7. The summed E-state index contributed by atoms with van der Waals surface area (Å²) in [4.78, 5) is 34.2. The molecule has 1 atom stereocenters. The van der Waals surface area contributed by atoms with E-state index in [1.54, 1.807) is 32.9 Å². The molecule has 0 saturated carbocycles. The molecule has 1 aromatic heterocycles. The first-order valence-electron chi connectivity index (χ1n) is 10.0. The predicted molar refractivity (Wildman–Crippen MR) is 117 cm³/mol. The molecule has 31 heavy (non-hydrogen) atoms. The number of nitrogens with zero attached hydrogens (tertiary/aromatic N) is 3. The number of halogens is 1. The Morgan fingerprint density at radius 2 is 2.03 bits per heavy atom. The Bertz CT molecular complexity index is 953. The molecular formula is C21H28FN3O5Sn. The number of amides is 2. The molecule has 1 unspecified atom stereocenters. The van der Waals surface area contributed by atoms with Crippen LogP contribution < -0.4 is 13.4 Å². The Labute approximate surface area is 185 Å². The van der Waals surface area contributed by atoms with Crippen LogP contribution in [-0.4, -0.2) is 60.5 Å². The third-order valence-corrected chi connectivity index (χ3v) is 10.4. The molecule has 1 saturated heterocycles. The van der Waals surface area contributed by atoms with Crippen LogP contribution in [0.4, 0.5) is 25.5 Å². The van der Waals surface area contributed by atoms with E-state index < -0.39 is 42.3 Å². The van der Waals surface area contributed by atoms with Crippen LogP contribution in [-0.2, 0) is 9.47 Å². The third kappa shape index (κ3) is 5.69. The number of hydrogen-bond donors (Lipinski definition) is 0. The molecule has 0 aliphatic carbocycles. The second kappa shape index (κ2) is 8.68. The summed E-state index contributed by atoms with van der Waals surface area (Å²) < 4.78 is 31.2. The Balaban J connectivity index is 1.77. The van der Waals surface area contributed by atoms with Gasteiger partial charge in [0, 0.05) is 0 Å². The van der Waals surface area contributed by atoms with Gasteiger partial charge in [-0.2, -0.15) is 0 Å². The van der Waals surface area contributed by atoms with Gasteiger partial charge in [0.25, 0.3) is 0 Å². The van der Waals surface area contributed by atoms with Crippen LogP contribution in [0.15, 0.2) is 35.1 Å². The summed E-state index contributed by atoms with van der Waals surface area (Å²) in [5.74, 6) is -0.0492. The van der Waals surface area contributed by atoms with Crippen molar-refractivity contribution in [3.63, 3.8) is 0 Å². The van der Waals surface area contributed by atoms with E-state index in [4.69, 9.17) is 14.0 Å². The molecular weight excluding hydrogens is 512 g/mol. The quantitative estimate of drug-likeness (QED) is 0.531. The third-order valence-electron chi connectivity index (χ3n) is 4.65. The fourth-order valence-electron chi connectivity index (χ4n) is 3.24. The van der Waals surface area contributed by atoms with Crippen LogP contribution in [0, 0.1) is 5.82 Å². The van der Waals surface area contributed by atoms with Crippen LogP contribution in [0.2, 0.25) is 14.8 Å². The van der Waals surface area contributed by atoms with Gasteiger partial charge in [0.05, 0.1) is 0 Å². The van der Waals surface area contributed by atoms with Gasteiger partial charge < -0.3 is 0 Å². The zero-order valence-electron chi connectivity index (χ0n) is 18.6. The van der Waals surface area contributed by atoms with Crippen molar-refractivity contribution in [3.05, 3.63) is 36.3 Å². The molecule has 8 nitrogen and oxygen atoms in total. The van der Waals surface area contributed by atoms with Gasteiger partial charge in [-0.1, -0.05) is 0 Å². The van der Waals surface area contributed by atoms with E-state index in [2.05, 4.69) is 20.0 Å². The van der Waals surface area contributed by atoms with Crippen molar-refractivity contribution in [1.82, 2.24) is 5.16 Å². The van der Waals surface area contributed by atoms with Crippen LogP contribution >= 0.6 is 0 Å². The topological polar surface area (TPSA) is 85.1 Å². The fraction of sp³-hybridized carbons (Fsp3) is 0.476. The number of anilines is 2. The Morgan fingerprint density at radius 1 is 1.32 bits per heavy atom. The molecule has 1 aliphatic heterocycles. The molecule has 0 bridgehead atoms. The molecule has 10 heteroatoms. The number of hydrogen-bond acceptors (Lipinski definition) is 6. The summed E-state index contributed by atoms with van der Waals surface area (Å²) in [5.41, 5.74) is -0.288. The summed E-state index contributed by atoms with van der Waals surface area (Å²) in [6.45, 7) is 5.44. The monoisotopic (exact) mass is 541 g/mol. The fourth-order valence-corrected chi connectivity index (χ4v) is 7.15. The first-order valence-corrected chi connectivity index (χ1v) is 20.0. The van der Waals surface area contributed by atoms with E-state index in [0.717, 1.165) is 3.58 Å². The average Bonchev–Trinajstić information content (AvgIpc) is 3.26. The van der Waals surface area contributed by atoms with E-state index in [1.807, 2.05) is 0 Å². The zero-order valence-corrected chi connectivity index (χ0v) is 21.5. The van der Waals surface area contributed by atoms with E-state index in [1.165, 1.54) is 28.2 Å². The van der Waals surface area contributed by atoms with Gasteiger partial charge in [-0.25, -0.2) is 0 Å². The van der Waals surface area contributed by atoms with Crippen molar-refractivity contribution in [2.24, 2.45) is 0 Å². The van der Waals surface area contributed by atoms with Gasteiger partial charge >= 0.3 is 165 Å². The Kier molecular flexibility index (Phi) is 6.54.